The number of aldehydes is 1. The van der Waals surface area contributed by atoms with Gasteiger partial charge in [0.15, 0.2) is 6.61 Å². The Balaban J connectivity index is 0. The van der Waals surface area contributed by atoms with Crippen LogP contribution >= 0.6 is 0 Å². The van der Waals surface area contributed by atoms with Gasteiger partial charge >= 0.3 is 0 Å². The molecule has 0 unspecified atom stereocenters. The number of carbonyl (C=O) groups excluding carboxylic acids is 2. The number of hydrogen-bond acceptors (Lipinski definition) is 3. The van der Waals surface area contributed by atoms with Crippen molar-refractivity contribution in [2.75, 3.05) is 6.61 Å². The van der Waals surface area contributed by atoms with E-state index in [-0.39, 0.29) is 6.61 Å². The normalized spacial score (nSPS) is 8.00. The lowest BCUT2D eigenvalue weighted by atomic mass is 10.2. The third-order valence-corrected chi connectivity index (χ3v) is 1.60. The van der Waals surface area contributed by atoms with Crippen LogP contribution in [0.2, 0.25) is 0 Å². The zero-order valence-corrected chi connectivity index (χ0v) is 11.6. The summed E-state index contributed by atoms with van der Waals surface area (Å²) in [6.07, 6.45) is 1.15. The molecule has 4 nitrogen and oxygen atoms in total. The molecule has 0 aliphatic rings. The Labute approximate surface area is 109 Å². The lowest BCUT2D eigenvalue weighted by Gasteiger charge is -2.04. The molecule has 0 saturated carbocycles. The van der Waals surface area contributed by atoms with Crippen molar-refractivity contribution in [1.82, 2.24) is 0 Å². The van der Waals surface area contributed by atoms with E-state index in [2.05, 4.69) is 0 Å². The maximum Gasteiger partial charge on any atom is 0.255 e. The third kappa shape index (κ3) is 9.39. The highest BCUT2D eigenvalue weighted by atomic mass is 16.5. The number of nitrogens with two attached hydrogens (primary N) is 1. The van der Waals surface area contributed by atoms with Crippen LogP contribution < -0.4 is 10.5 Å². The number of rotatable bonds is 5. The van der Waals surface area contributed by atoms with E-state index in [4.69, 9.17) is 10.5 Å². The first-order valence-corrected chi connectivity index (χ1v) is 6.16. The fourth-order valence-electron chi connectivity index (χ4n) is 1.01. The van der Waals surface area contributed by atoms with Crippen molar-refractivity contribution in [1.29, 1.82) is 0 Å². The van der Waals surface area contributed by atoms with Crippen LogP contribution in [0, 0.1) is 0 Å². The summed E-state index contributed by atoms with van der Waals surface area (Å²) in [6, 6.07) is 6.98. The molecule has 1 aromatic rings. The third-order valence-electron chi connectivity index (χ3n) is 1.60. The molecule has 0 bridgehead atoms. The minimum atomic E-state index is -0.522. The molecular formula is C14H23NO3. The molecule has 0 radical (unpaired) electrons. The maximum absolute atomic E-state index is 10.4. The van der Waals surface area contributed by atoms with Gasteiger partial charge in [0.2, 0.25) is 0 Å². The monoisotopic (exact) mass is 253 g/mol. The first-order chi connectivity index (χ1) is 8.72. The number of amides is 1. The predicted molar refractivity (Wildman–Crippen MR) is 73.6 cm³/mol. The van der Waals surface area contributed by atoms with Crippen LogP contribution in [0.4, 0.5) is 0 Å². The van der Waals surface area contributed by atoms with E-state index in [0.29, 0.717) is 12.2 Å². The summed E-state index contributed by atoms with van der Waals surface area (Å²) in [5.74, 6) is 0.0222. The summed E-state index contributed by atoms with van der Waals surface area (Å²) in [5, 5.41) is 0. The summed E-state index contributed by atoms with van der Waals surface area (Å²) in [4.78, 5) is 20.7. The first kappa shape index (κ1) is 18.5. The fraction of sp³-hybridized carbons (Fsp3) is 0.429. The summed E-state index contributed by atoms with van der Waals surface area (Å²) >= 11 is 0. The average Bonchev–Trinajstić information content (AvgIpc) is 2.42. The van der Waals surface area contributed by atoms with Crippen molar-refractivity contribution in [3.8, 4) is 5.75 Å². The highest BCUT2D eigenvalue weighted by Crippen LogP contribution is 2.12. The quantitative estimate of drug-likeness (QED) is 0.819. The Kier molecular flexibility index (Phi) is 13.6. The predicted octanol–water partition coefficient (Wildman–Crippen LogP) is 2.34. The zero-order valence-electron chi connectivity index (χ0n) is 11.6. The van der Waals surface area contributed by atoms with E-state index in [1.165, 1.54) is 0 Å². The Morgan fingerprint density at radius 2 is 1.89 bits per heavy atom. The fourth-order valence-corrected chi connectivity index (χ4v) is 1.01. The minimum Gasteiger partial charge on any atom is -0.484 e. The van der Waals surface area contributed by atoms with Gasteiger partial charge in [-0.15, -0.1) is 0 Å². The van der Waals surface area contributed by atoms with Gasteiger partial charge in [0.25, 0.3) is 5.91 Å². The van der Waals surface area contributed by atoms with Crippen molar-refractivity contribution in [2.24, 2.45) is 5.73 Å². The number of carbonyl (C=O) groups is 2. The van der Waals surface area contributed by atoms with E-state index in [9.17, 15) is 9.59 Å². The molecular weight excluding hydrogens is 230 g/mol. The number of benzene rings is 1. The van der Waals surface area contributed by atoms with Gasteiger partial charge in [-0.25, -0.2) is 0 Å². The van der Waals surface area contributed by atoms with E-state index in [1.54, 1.807) is 18.2 Å². The molecule has 0 aromatic heterocycles. The highest BCUT2D eigenvalue weighted by Gasteiger charge is 1.98. The maximum atomic E-state index is 10.4. The van der Waals surface area contributed by atoms with Gasteiger partial charge in [-0.2, -0.15) is 0 Å². The van der Waals surface area contributed by atoms with Gasteiger partial charge in [-0.3, -0.25) is 4.79 Å². The van der Waals surface area contributed by atoms with Gasteiger partial charge in [0.1, 0.15) is 12.0 Å². The topological polar surface area (TPSA) is 69.4 Å². The molecule has 0 heterocycles. The van der Waals surface area contributed by atoms with Gasteiger partial charge in [0, 0.05) is 6.42 Å². The SMILES string of the molecule is CC.CC.NC(=O)COc1cccc(CC=O)c1. The Bertz CT molecular complexity index is 338. The van der Waals surface area contributed by atoms with Crippen molar-refractivity contribution >= 4 is 12.2 Å². The van der Waals surface area contributed by atoms with Crippen LogP contribution in [0.3, 0.4) is 0 Å². The van der Waals surface area contributed by atoms with Crippen molar-refractivity contribution in [3.05, 3.63) is 29.8 Å². The van der Waals surface area contributed by atoms with Crippen LogP contribution in [0.15, 0.2) is 24.3 Å². The second-order valence-electron chi connectivity index (χ2n) is 2.77. The van der Waals surface area contributed by atoms with E-state index in [1.807, 2.05) is 33.8 Å². The van der Waals surface area contributed by atoms with Gasteiger partial charge in [0.05, 0.1) is 0 Å². The smallest absolute Gasteiger partial charge is 0.255 e. The summed E-state index contributed by atoms with van der Waals surface area (Å²) in [6.45, 7) is 7.85. The second kappa shape index (κ2) is 13.2. The first-order valence-electron chi connectivity index (χ1n) is 6.16. The summed E-state index contributed by atoms with van der Waals surface area (Å²) in [5.41, 5.74) is 5.77. The Morgan fingerprint density at radius 1 is 1.28 bits per heavy atom. The van der Waals surface area contributed by atoms with Crippen molar-refractivity contribution < 1.29 is 14.3 Å². The molecule has 1 amide bonds. The van der Waals surface area contributed by atoms with Crippen LogP contribution in [-0.4, -0.2) is 18.8 Å². The van der Waals surface area contributed by atoms with Gasteiger partial charge in [-0.05, 0) is 17.7 Å². The summed E-state index contributed by atoms with van der Waals surface area (Å²) < 4.78 is 5.06. The van der Waals surface area contributed by atoms with E-state index < -0.39 is 5.91 Å². The molecule has 1 aromatic carbocycles. The highest BCUT2D eigenvalue weighted by molar-refractivity contribution is 5.75. The molecule has 0 fully saturated rings. The Morgan fingerprint density at radius 3 is 2.39 bits per heavy atom. The molecule has 4 heteroatoms. The lowest BCUT2D eigenvalue weighted by Crippen LogP contribution is -2.20. The van der Waals surface area contributed by atoms with Crippen LogP contribution in [0.1, 0.15) is 33.3 Å². The van der Waals surface area contributed by atoms with Crippen LogP contribution in [0.5, 0.6) is 5.75 Å². The molecule has 0 spiro atoms. The minimum absolute atomic E-state index is 0.148. The Hall–Kier alpha value is -1.84. The van der Waals surface area contributed by atoms with Crippen LogP contribution in [-0.2, 0) is 16.0 Å². The van der Waals surface area contributed by atoms with E-state index in [0.717, 1.165) is 11.8 Å². The molecule has 18 heavy (non-hydrogen) atoms. The second-order valence-corrected chi connectivity index (χ2v) is 2.77. The largest absolute Gasteiger partial charge is 0.484 e. The number of primary amides is 1. The average molecular weight is 253 g/mol. The number of ether oxygens (including phenoxy) is 1. The van der Waals surface area contributed by atoms with E-state index >= 15 is 0 Å². The van der Waals surface area contributed by atoms with Crippen molar-refractivity contribution in [3.63, 3.8) is 0 Å². The standard InChI is InChI=1S/C10H11NO3.2C2H6/c11-10(13)7-14-9-3-1-2-8(6-9)4-5-12;2*1-2/h1-3,5-6H,4,7H2,(H2,11,13);2*1-2H3. The molecule has 102 valence electrons. The van der Waals surface area contributed by atoms with Gasteiger partial charge in [-0.1, -0.05) is 39.8 Å². The number of hydrogen-bond donors (Lipinski definition) is 1. The van der Waals surface area contributed by atoms with Crippen molar-refractivity contribution in [2.45, 2.75) is 34.1 Å². The molecule has 1 rings (SSSR count). The molecule has 0 saturated heterocycles. The summed E-state index contributed by atoms with van der Waals surface area (Å²) in [7, 11) is 0. The molecule has 0 aliphatic carbocycles. The molecule has 0 atom stereocenters. The van der Waals surface area contributed by atoms with Gasteiger partial charge < -0.3 is 15.3 Å². The zero-order chi connectivity index (χ0) is 14.4. The molecule has 2 N–H and O–H groups in total. The van der Waals surface area contributed by atoms with Crippen LogP contribution in [0.25, 0.3) is 0 Å². The molecule has 0 aliphatic heterocycles. The lowest BCUT2D eigenvalue weighted by molar-refractivity contribution is -0.120.